The van der Waals surface area contributed by atoms with Gasteiger partial charge in [0.05, 0.1) is 11.6 Å². The van der Waals surface area contributed by atoms with Crippen molar-refractivity contribution in [1.29, 1.82) is 0 Å². The Morgan fingerprint density at radius 2 is 1.72 bits per heavy atom. The minimum Gasteiger partial charge on any atom is -0.335 e. The van der Waals surface area contributed by atoms with E-state index in [0.717, 1.165) is 5.56 Å². The molecule has 3 rings (SSSR count). The van der Waals surface area contributed by atoms with Gasteiger partial charge >= 0.3 is 0 Å². The van der Waals surface area contributed by atoms with Crippen molar-refractivity contribution < 1.29 is 14.0 Å². The van der Waals surface area contributed by atoms with E-state index in [4.69, 9.17) is 0 Å². The van der Waals surface area contributed by atoms with Gasteiger partial charge < -0.3 is 10.2 Å². The number of rotatable bonds is 5. The Kier molecular flexibility index (Phi) is 6.44. The molecule has 6 heteroatoms. The van der Waals surface area contributed by atoms with Crippen LogP contribution < -0.4 is 5.32 Å². The van der Waals surface area contributed by atoms with E-state index < -0.39 is 11.7 Å². The number of halogens is 2. The third kappa shape index (κ3) is 4.90. The normalized spacial score (nSPS) is 11.6. The molecule has 3 aromatic carbocycles. The molecule has 0 saturated carbocycles. The number of nitrogens with one attached hydrogen (secondary N) is 1. The van der Waals surface area contributed by atoms with Gasteiger partial charge in [0.1, 0.15) is 5.82 Å². The Hall–Kier alpha value is -2.99. The Labute approximate surface area is 177 Å². The van der Waals surface area contributed by atoms with Crippen LogP contribution in [0.4, 0.5) is 10.1 Å². The van der Waals surface area contributed by atoms with Crippen molar-refractivity contribution in [3.63, 3.8) is 0 Å². The summed E-state index contributed by atoms with van der Waals surface area (Å²) in [4.78, 5) is 26.6. The Morgan fingerprint density at radius 3 is 2.41 bits per heavy atom. The van der Waals surface area contributed by atoms with Crippen LogP contribution in [0.5, 0.6) is 0 Å². The van der Waals surface area contributed by atoms with Gasteiger partial charge in [-0.2, -0.15) is 0 Å². The van der Waals surface area contributed by atoms with Crippen molar-refractivity contribution in [2.75, 3.05) is 12.4 Å². The van der Waals surface area contributed by atoms with Crippen molar-refractivity contribution in [3.05, 3.63) is 99.8 Å². The van der Waals surface area contributed by atoms with Crippen LogP contribution in [0.1, 0.15) is 39.2 Å². The van der Waals surface area contributed by atoms with Gasteiger partial charge in [0.25, 0.3) is 11.8 Å². The molecule has 0 aliphatic heterocycles. The fourth-order valence-corrected chi connectivity index (χ4v) is 3.25. The molecule has 148 valence electrons. The van der Waals surface area contributed by atoms with Crippen LogP contribution in [0.3, 0.4) is 0 Å². The Bertz CT molecular complexity index is 1040. The van der Waals surface area contributed by atoms with E-state index in [1.165, 1.54) is 17.0 Å². The fraction of sp³-hybridized carbons (Fsp3) is 0.130. The number of hydrogen-bond donors (Lipinski definition) is 1. The molecule has 1 N–H and O–H groups in total. The van der Waals surface area contributed by atoms with E-state index in [0.29, 0.717) is 15.7 Å². The molecule has 1 unspecified atom stereocenters. The standard InChI is InChI=1S/C23H20BrFN2O2/c1-15(27(2)23(29)20-12-11-18(24)14-21(20)25)17-9-6-10-19(13-17)26-22(28)16-7-4-3-5-8-16/h3-15H,1-2H3,(H,26,28). The quantitative estimate of drug-likeness (QED) is 0.539. The second-order valence-corrected chi connectivity index (χ2v) is 7.58. The summed E-state index contributed by atoms with van der Waals surface area (Å²) >= 11 is 3.19. The van der Waals surface area contributed by atoms with Crippen LogP contribution in [-0.4, -0.2) is 23.8 Å². The van der Waals surface area contributed by atoms with Crippen molar-refractivity contribution in [2.24, 2.45) is 0 Å². The van der Waals surface area contributed by atoms with Crippen molar-refractivity contribution in [3.8, 4) is 0 Å². The number of nitrogens with zero attached hydrogens (tertiary/aromatic N) is 1. The number of benzene rings is 3. The molecule has 0 saturated heterocycles. The summed E-state index contributed by atoms with van der Waals surface area (Å²) in [5.41, 5.74) is 2.02. The van der Waals surface area contributed by atoms with Gasteiger partial charge in [-0.05, 0) is 55.0 Å². The topological polar surface area (TPSA) is 49.4 Å². The number of carbonyl (C=O) groups excluding carboxylic acids is 2. The molecule has 0 aliphatic rings. The minimum absolute atomic E-state index is 0.0103. The molecule has 0 bridgehead atoms. The molecule has 0 fully saturated rings. The molecule has 0 radical (unpaired) electrons. The molecule has 29 heavy (non-hydrogen) atoms. The zero-order valence-electron chi connectivity index (χ0n) is 16.0. The maximum atomic E-state index is 14.2. The maximum Gasteiger partial charge on any atom is 0.257 e. The highest BCUT2D eigenvalue weighted by Crippen LogP contribution is 2.25. The van der Waals surface area contributed by atoms with E-state index in [1.54, 1.807) is 43.4 Å². The van der Waals surface area contributed by atoms with Gasteiger partial charge in [-0.25, -0.2) is 4.39 Å². The molecule has 0 aliphatic carbocycles. The van der Waals surface area contributed by atoms with Crippen LogP contribution >= 0.6 is 15.9 Å². The van der Waals surface area contributed by atoms with E-state index in [2.05, 4.69) is 21.2 Å². The lowest BCUT2D eigenvalue weighted by molar-refractivity contribution is 0.0737. The highest BCUT2D eigenvalue weighted by atomic mass is 79.9. The molecule has 2 amide bonds. The minimum atomic E-state index is -0.577. The molecular weight excluding hydrogens is 435 g/mol. The van der Waals surface area contributed by atoms with Crippen molar-refractivity contribution in [2.45, 2.75) is 13.0 Å². The predicted octanol–water partition coefficient (Wildman–Crippen LogP) is 5.67. The molecule has 3 aromatic rings. The smallest absolute Gasteiger partial charge is 0.257 e. The number of amides is 2. The van der Waals surface area contributed by atoms with Crippen LogP contribution in [0, 0.1) is 5.82 Å². The monoisotopic (exact) mass is 454 g/mol. The van der Waals surface area contributed by atoms with Crippen LogP contribution in [0.15, 0.2) is 77.3 Å². The van der Waals surface area contributed by atoms with E-state index in [1.807, 2.05) is 31.2 Å². The number of hydrogen-bond acceptors (Lipinski definition) is 2. The Balaban J connectivity index is 1.77. The van der Waals surface area contributed by atoms with Gasteiger partial charge in [0, 0.05) is 22.8 Å². The third-order valence-corrected chi connectivity index (χ3v) is 5.22. The predicted molar refractivity (Wildman–Crippen MR) is 115 cm³/mol. The summed E-state index contributed by atoms with van der Waals surface area (Å²) in [6.45, 7) is 1.85. The van der Waals surface area contributed by atoms with Gasteiger partial charge in [0.15, 0.2) is 0 Å². The van der Waals surface area contributed by atoms with Gasteiger partial charge in [-0.15, -0.1) is 0 Å². The summed E-state index contributed by atoms with van der Waals surface area (Å²) in [5.74, 6) is -1.20. The van der Waals surface area contributed by atoms with Gasteiger partial charge in [0.2, 0.25) is 0 Å². The maximum absolute atomic E-state index is 14.2. The third-order valence-electron chi connectivity index (χ3n) is 4.73. The molecule has 1 atom stereocenters. The van der Waals surface area contributed by atoms with E-state index >= 15 is 0 Å². The second kappa shape index (κ2) is 9.01. The SMILES string of the molecule is CC(c1cccc(NC(=O)c2ccccc2)c1)N(C)C(=O)c1ccc(Br)cc1F. The summed E-state index contributed by atoms with van der Waals surface area (Å²) in [6, 6.07) is 20.2. The van der Waals surface area contributed by atoms with Crippen LogP contribution in [-0.2, 0) is 0 Å². The molecular formula is C23H20BrFN2O2. The largest absolute Gasteiger partial charge is 0.335 e. The molecule has 0 spiro atoms. The molecule has 0 aromatic heterocycles. The summed E-state index contributed by atoms with van der Waals surface area (Å²) in [5, 5.41) is 2.86. The Morgan fingerprint density at radius 1 is 1.00 bits per heavy atom. The first-order chi connectivity index (χ1) is 13.9. The first kappa shape index (κ1) is 20.7. The number of anilines is 1. The van der Waals surface area contributed by atoms with Crippen LogP contribution in [0.25, 0.3) is 0 Å². The highest BCUT2D eigenvalue weighted by molar-refractivity contribution is 9.10. The lowest BCUT2D eigenvalue weighted by Crippen LogP contribution is -2.30. The first-order valence-corrected chi connectivity index (χ1v) is 9.84. The van der Waals surface area contributed by atoms with Crippen LogP contribution in [0.2, 0.25) is 0 Å². The fourth-order valence-electron chi connectivity index (χ4n) is 2.92. The van der Waals surface area contributed by atoms with Crippen molar-refractivity contribution >= 4 is 33.4 Å². The molecule has 4 nitrogen and oxygen atoms in total. The average Bonchev–Trinajstić information content (AvgIpc) is 2.73. The summed E-state index contributed by atoms with van der Waals surface area (Å²) in [6.07, 6.45) is 0. The lowest BCUT2D eigenvalue weighted by atomic mass is 10.0. The van der Waals surface area contributed by atoms with E-state index in [9.17, 15) is 14.0 Å². The van der Waals surface area contributed by atoms with E-state index in [-0.39, 0.29) is 17.5 Å². The summed E-state index contributed by atoms with van der Waals surface area (Å²) in [7, 11) is 1.63. The highest BCUT2D eigenvalue weighted by Gasteiger charge is 2.22. The van der Waals surface area contributed by atoms with Gasteiger partial charge in [-0.1, -0.05) is 46.3 Å². The van der Waals surface area contributed by atoms with Crippen molar-refractivity contribution in [1.82, 2.24) is 4.90 Å². The zero-order valence-corrected chi connectivity index (χ0v) is 17.6. The lowest BCUT2D eigenvalue weighted by Gasteiger charge is -2.26. The molecule has 0 heterocycles. The van der Waals surface area contributed by atoms with Gasteiger partial charge in [-0.3, -0.25) is 9.59 Å². The number of carbonyl (C=O) groups is 2. The average molecular weight is 455 g/mol. The first-order valence-electron chi connectivity index (χ1n) is 9.05. The second-order valence-electron chi connectivity index (χ2n) is 6.66. The zero-order chi connectivity index (χ0) is 21.0. The summed E-state index contributed by atoms with van der Waals surface area (Å²) < 4.78 is 14.7.